The number of urea groups is 1. The minimum Gasteiger partial charge on any atom is -0.491 e. The fourth-order valence-corrected chi connectivity index (χ4v) is 5.39. The number of piperidine rings is 1. The van der Waals surface area contributed by atoms with Crippen LogP contribution in [0.15, 0.2) is 30.3 Å². The number of carbonyl (C=O) groups excluding carboxylic acids is 2. The number of aryl methyl sites for hydroxylation is 2. The van der Waals surface area contributed by atoms with Crippen LogP contribution in [0.5, 0.6) is 5.75 Å². The van der Waals surface area contributed by atoms with Gasteiger partial charge in [0.2, 0.25) is 0 Å². The first kappa shape index (κ1) is 25.2. The predicted molar refractivity (Wildman–Crippen MR) is 141 cm³/mol. The molecule has 0 bridgehead atoms. The zero-order chi connectivity index (χ0) is 25.9. The number of benzene rings is 2. The number of carbonyl (C=O) groups is 2. The number of ether oxygens (including phenoxy) is 1. The van der Waals surface area contributed by atoms with E-state index in [2.05, 4.69) is 34.2 Å². The van der Waals surface area contributed by atoms with Crippen molar-refractivity contribution in [2.75, 3.05) is 32.9 Å². The molecular weight excluding hydrogens is 471 g/mol. The minimum atomic E-state index is -0.305. The summed E-state index contributed by atoms with van der Waals surface area (Å²) in [5, 5.41) is 0. The maximum absolute atomic E-state index is 13.3. The molecule has 2 amide bonds. The van der Waals surface area contributed by atoms with Crippen LogP contribution in [-0.4, -0.2) is 64.5 Å². The normalized spacial score (nSPS) is 16.4. The van der Waals surface area contributed by atoms with E-state index in [9.17, 15) is 14.0 Å². The topological polar surface area (TPSA) is 78.5 Å². The second-order valence-corrected chi connectivity index (χ2v) is 10.4. The summed E-state index contributed by atoms with van der Waals surface area (Å²) in [6.45, 7) is 6.03. The van der Waals surface area contributed by atoms with E-state index >= 15 is 0 Å². The largest absolute Gasteiger partial charge is 0.491 e. The minimum absolute atomic E-state index is 0.00740. The predicted octanol–water partition coefficient (Wildman–Crippen LogP) is 5.45. The number of nitrogens with one attached hydrogen (secondary N) is 1. The van der Waals surface area contributed by atoms with Crippen LogP contribution in [-0.2, 0) is 17.8 Å². The van der Waals surface area contributed by atoms with Crippen LogP contribution >= 0.6 is 0 Å². The number of nitrogens with zero attached hydrogens (tertiary/aromatic N) is 3. The number of rotatable bonds is 6. The van der Waals surface area contributed by atoms with Gasteiger partial charge in [-0.2, -0.15) is 0 Å². The number of hydrogen-bond acceptors (Lipinski definition) is 4. The smallest absolute Gasteiger partial charge is 0.320 e. The molecule has 1 saturated heterocycles. The number of halogens is 1. The SMILES string of the molecule is CC(=O)CCCc1nc2ccc(-c3cc(C)c4c(c3)CN(C(=O)N3CCC(CF)CC3)CCO4)cc2[nH]1. The van der Waals surface area contributed by atoms with Crippen molar-refractivity contribution < 1.29 is 18.7 Å². The number of fused-ring (bicyclic) bond motifs is 2. The van der Waals surface area contributed by atoms with Crippen molar-refractivity contribution in [1.29, 1.82) is 0 Å². The lowest BCUT2D eigenvalue weighted by Crippen LogP contribution is -2.47. The molecule has 0 aliphatic carbocycles. The lowest BCUT2D eigenvalue weighted by molar-refractivity contribution is -0.117. The molecule has 7 nitrogen and oxygen atoms in total. The van der Waals surface area contributed by atoms with E-state index in [4.69, 9.17) is 4.74 Å². The first-order valence-corrected chi connectivity index (χ1v) is 13.3. The Kier molecular flexibility index (Phi) is 7.44. The summed E-state index contributed by atoms with van der Waals surface area (Å²) >= 11 is 0. The summed E-state index contributed by atoms with van der Waals surface area (Å²) in [6.07, 6.45) is 3.54. The van der Waals surface area contributed by atoms with Crippen molar-refractivity contribution in [2.45, 2.75) is 52.5 Å². The van der Waals surface area contributed by atoms with Gasteiger partial charge in [0, 0.05) is 31.5 Å². The van der Waals surface area contributed by atoms with Crippen LogP contribution in [0, 0.1) is 12.8 Å². The van der Waals surface area contributed by atoms with Crippen LogP contribution in [0.2, 0.25) is 0 Å². The van der Waals surface area contributed by atoms with E-state index in [1.807, 2.05) is 22.8 Å². The molecule has 0 unspecified atom stereocenters. The van der Waals surface area contributed by atoms with E-state index in [0.29, 0.717) is 39.2 Å². The Bertz CT molecular complexity index is 1300. The Morgan fingerprint density at radius 3 is 2.68 bits per heavy atom. The monoisotopic (exact) mass is 506 g/mol. The Hall–Kier alpha value is -3.42. The highest BCUT2D eigenvalue weighted by Crippen LogP contribution is 2.34. The van der Waals surface area contributed by atoms with Gasteiger partial charge < -0.3 is 24.3 Å². The molecule has 2 aliphatic heterocycles. The summed E-state index contributed by atoms with van der Waals surface area (Å²) in [5.74, 6) is 2.02. The number of H-pyrrole nitrogens is 1. The highest BCUT2D eigenvalue weighted by atomic mass is 19.1. The second-order valence-electron chi connectivity index (χ2n) is 10.4. The van der Waals surface area contributed by atoms with Crippen LogP contribution < -0.4 is 4.74 Å². The Morgan fingerprint density at radius 2 is 1.92 bits per heavy atom. The summed E-state index contributed by atoms with van der Waals surface area (Å²) < 4.78 is 19.1. The molecule has 8 heteroatoms. The van der Waals surface area contributed by atoms with E-state index in [1.165, 1.54) is 0 Å². The van der Waals surface area contributed by atoms with Crippen LogP contribution in [0.1, 0.15) is 49.6 Å². The average molecular weight is 507 g/mol. The Balaban J connectivity index is 1.36. The molecule has 3 aromatic rings. The molecule has 0 spiro atoms. The van der Waals surface area contributed by atoms with Crippen LogP contribution in [0.25, 0.3) is 22.2 Å². The highest BCUT2D eigenvalue weighted by molar-refractivity contribution is 5.83. The third-order valence-electron chi connectivity index (χ3n) is 7.50. The number of ketones is 1. The highest BCUT2D eigenvalue weighted by Gasteiger charge is 2.28. The Morgan fingerprint density at radius 1 is 1.11 bits per heavy atom. The molecule has 196 valence electrons. The fourth-order valence-electron chi connectivity index (χ4n) is 5.39. The maximum atomic E-state index is 13.3. The average Bonchev–Trinajstić information content (AvgIpc) is 3.17. The van der Waals surface area contributed by atoms with Crippen molar-refractivity contribution in [3.05, 3.63) is 47.3 Å². The van der Waals surface area contributed by atoms with Crippen molar-refractivity contribution in [2.24, 2.45) is 5.92 Å². The third kappa shape index (κ3) is 5.63. The zero-order valence-corrected chi connectivity index (χ0v) is 21.7. The zero-order valence-electron chi connectivity index (χ0n) is 21.7. The van der Waals surface area contributed by atoms with Gasteiger partial charge in [0.1, 0.15) is 24.0 Å². The van der Waals surface area contributed by atoms with Crippen LogP contribution in [0.4, 0.5) is 9.18 Å². The summed E-state index contributed by atoms with van der Waals surface area (Å²) in [5.41, 5.74) is 6.03. The van der Waals surface area contributed by atoms with Gasteiger partial charge in [0.15, 0.2) is 0 Å². The fraction of sp³-hybridized carbons (Fsp3) is 0.483. The van der Waals surface area contributed by atoms with Crippen molar-refractivity contribution in [3.63, 3.8) is 0 Å². The summed E-state index contributed by atoms with van der Waals surface area (Å²) in [4.78, 5) is 36.3. The maximum Gasteiger partial charge on any atom is 0.320 e. The Labute approximate surface area is 217 Å². The number of aromatic nitrogens is 2. The quantitative estimate of drug-likeness (QED) is 0.483. The first-order chi connectivity index (χ1) is 17.9. The molecule has 3 heterocycles. The molecule has 5 rings (SSSR count). The number of imidazole rings is 1. The molecule has 2 aliphatic rings. The van der Waals surface area contributed by atoms with E-state index in [-0.39, 0.29) is 24.4 Å². The lowest BCUT2D eigenvalue weighted by atomic mass is 9.98. The number of likely N-dealkylation sites (tertiary alicyclic amines) is 1. The van der Waals surface area contributed by atoms with Gasteiger partial charge in [-0.15, -0.1) is 0 Å². The number of hydrogen-bond donors (Lipinski definition) is 1. The van der Waals surface area contributed by atoms with E-state index in [1.54, 1.807) is 6.92 Å². The molecule has 1 fully saturated rings. The second kappa shape index (κ2) is 10.9. The summed E-state index contributed by atoms with van der Waals surface area (Å²) in [7, 11) is 0. The van der Waals surface area contributed by atoms with E-state index in [0.717, 1.165) is 70.5 Å². The van der Waals surface area contributed by atoms with Gasteiger partial charge >= 0.3 is 6.03 Å². The molecule has 37 heavy (non-hydrogen) atoms. The number of aromatic amines is 1. The van der Waals surface area contributed by atoms with Gasteiger partial charge in [0.05, 0.1) is 30.8 Å². The van der Waals surface area contributed by atoms with Crippen molar-refractivity contribution in [3.8, 4) is 16.9 Å². The first-order valence-electron chi connectivity index (χ1n) is 13.3. The molecule has 0 saturated carbocycles. The van der Waals surface area contributed by atoms with Crippen molar-refractivity contribution >= 4 is 22.8 Å². The standard InChI is InChI=1S/C29H35FN4O3/c1-19-14-23(22-6-7-25-26(16-22)32-27(31-25)5-3-4-20(2)35)15-24-18-34(12-13-37-28(19)24)29(36)33-10-8-21(17-30)9-11-33/h6-7,14-16,21H,3-5,8-13,17-18H2,1-2H3,(H,31,32). The molecule has 1 N–H and O–H groups in total. The number of amides is 2. The molecule has 0 atom stereocenters. The van der Waals surface area contributed by atoms with Gasteiger partial charge in [-0.05, 0) is 80.0 Å². The molecular formula is C29H35FN4O3. The van der Waals surface area contributed by atoms with Gasteiger partial charge in [-0.1, -0.05) is 6.07 Å². The summed E-state index contributed by atoms with van der Waals surface area (Å²) in [6, 6.07) is 10.4. The lowest BCUT2D eigenvalue weighted by Gasteiger charge is -2.34. The molecule has 0 radical (unpaired) electrons. The van der Waals surface area contributed by atoms with Gasteiger partial charge in [0.25, 0.3) is 0 Å². The van der Waals surface area contributed by atoms with Crippen LogP contribution in [0.3, 0.4) is 0 Å². The third-order valence-corrected chi connectivity index (χ3v) is 7.50. The van der Waals surface area contributed by atoms with Crippen molar-refractivity contribution in [1.82, 2.24) is 19.8 Å². The molecule has 1 aromatic heterocycles. The van der Waals surface area contributed by atoms with Gasteiger partial charge in [-0.3, -0.25) is 4.39 Å². The van der Waals surface area contributed by atoms with Gasteiger partial charge in [-0.25, -0.2) is 9.78 Å². The van der Waals surface area contributed by atoms with E-state index < -0.39 is 0 Å². The number of alkyl halides is 1. The molecule has 2 aromatic carbocycles. The number of Topliss-reactive ketones (excluding diaryl/α,β-unsaturated/α-hetero) is 1.